The van der Waals surface area contributed by atoms with E-state index in [1.807, 2.05) is 24.3 Å². The number of anilines is 1. The summed E-state index contributed by atoms with van der Waals surface area (Å²) in [6.45, 7) is 7.47. The van der Waals surface area contributed by atoms with Crippen LogP contribution in [0.5, 0.6) is 0 Å². The van der Waals surface area contributed by atoms with Gasteiger partial charge in [0.25, 0.3) is 11.8 Å². The van der Waals surface area contributed by atoms with Crippen LogP contribution in [0.4, 0.5) is 9.80 Å². The molecular weight excluding hydrogens is 452 g/mol. The average Bonchev–Trinajstić information content (AvgIpc) is 3.23. The lowest BCUT2D eigenvalue weighted by Gasteiger charge is -2.24. The molecule has 1 atom stereocenters. The van der Waals surface area contributed by atoms with Crippen LogP contribution in [-0.2, 0) is 33.4 Å². The minimum atomic E-state index is -1.27. The van der Waals surface area contributed by atoms with Crippen molar-refractivity contribution in [3.8, 4) is 0 Å². The maximum atomic E-state index is 13.2. The predicted molar refractivity (Wildman–Crippen MR) is 131 cm³/mol. The van der Waals surface area contributed by atoms with Crippen molar-refractivity contribution in [2.45, 2.75) is 64.3 Å². The van der Waals surface area contributed by atoms with Crippen LogP contribution in [0, 0.1) is 0 Å². The zero-order valence-corrected chi connectivity index (χ0v) is 20.7. The molecule has 34 heavy (non-hydrogen) atoms. The standard InChI is InChI=1S/C25H30N4O4S/c1-24(2,3)14-9-11-15(12-10-14)25(4)22(32)29(23(33)28-25)13-18(30)27-21-19(20(26)31)16-7-5-6-8-17(16)34-21/h9-12H,5-8,13H2,1-4H3,(H2,26,31)(H,27,30)(H,28,33). The highest BCUT2D eigenvalue weighted by atomic mass is 32.1. The number of nitrogens with two attached hydrogens (primary N) is 1. The Hall–Kier alpha value is -3.20. The van der Waals surface area contributed by atoms with Gasteiger partial charge in [0.1, 0.15) is 17.1 Å². The number of rotatable bonds is 5. The lowest BCUT2D eigenvalue weighted by atomic mass is 9.84. The fourth-order valence-corrected chi connectivity index (χ4v) is 5.87. The van der Waals surface area contributed by atoms with E-state index in [-0.39, 0.29) is 5.41 Å². The van der Waals surface area contributed by atoms with Crippen LogP contribution in [-0.4, -0.2) is 35.2 Å². The zero-order chi connectivity index (χ0) is 24.8. The summed E-state index contributed by atoms with van der Waals surface area (Å²) < 4.78 is 0. The Morgan fingerprint density at radius 3 is 2.41 bits per heavy atom. The summed E-state index contributed by atoms with van der Waals surface area (Å²) in [6.07, 6.45) is 3.58. The molecule has 1 saturated heterocycles. The van der Waals surface area contributed by atoms with Gasteiger partial charge in [-0.15, -0.1) is 11.3 Å². The van der Waals surface area contributed by atoms with Gasteiger partial charge in [-0.2, -0.15) is 0 Å². The Balaban J connectivity index is 1.51. The van der Waals surface area contributed by atoms with Crippen LogP contribution in [0.25, 0.3) is 0 Å². The van der Waals surface area contributed by atoms with Crippen LogP contribution >= 0.6 is 11.3 Å². The van der Waals surface area contributed by atoms with E-state index in [9.17, 15) is 19.2 Å². The van der Waals surface area contributed by atoms with E-state index in [2.05, 4.69) is 31.4 Å². The maximum absolute atomic E-state index is 13.2. The number of primary amides is 1. The van der Waals surface area contributed by atoms with Gasteiger partial charge in [-0.1, -0.05) is 45.0 Å². The van der Waals surface area contributed by atoms with Crippen LogP contribution in [0.1, 0.15) is 72.5 Å². The number of hydrogen-bond acceptors (Lipinski definition) is 5. The first-order valence-corrected chi connectivity index (χ1v) is 12.2. The molecule has 0 spiro atoms. The summed E-state index contributed by atoms with van der Waals surface area (Å²) in [6, 6.07) is 6.91. The van der Waals surface area contributed by atoms with Gasteiger partial charge in [0.2, 0.25) is 5.91 Å². The molecule has 1 aliphatic heterocycles. The van der Waals surface area contributed by atoms with E-state index in [1.165, 1.54) is 11.3 Å². The van der Waals surface area contributed by atoms with Crippen molar-refractivity contribution in [2.75, 3.05) is 11.9 Å². The highest BCUT2D eigenvalue weighted by Crippen LogP contribution is 2.38. The molecule has 1 aromatic carbocycles. The summed E-state index contributed by atoms with van der Waals surface area (Å²) in [5.41, 5.74) is 7.27. The average molecular weight is 483 g/mol. The topological polar surface area (TPSA) is 122 Å². The van der Waals surface area contributed by atoms with Crippen LogP contribution in [0.2, 0.25) is 0 Å². The summed E-state index contributed by atoms with van der Waals surface area (Å²) in [5.74, 6) is -1.65. The molecule has 1 fully saturated rings. The summed E-state index contributed by atoms with van der Waals surface area (Å²) in [5, 5.41) is 5.83. The lowest BCUT2D eigenvalue weighted by molar-refractivity contribution is -0.133. The second kappa shape index (κ2) is 8.54. The van der Waals surface area contributed by atoms with Crippen molar-refractivity contribution in [3.63, 3.8) is 0 Å². The molecule has 8 nitrogen and oxygen atoms in total. The monoisotopic (exact) mass is 482 g/mol. The van der Waals surface area contributed by atoms with Crippen LogP contribution in [0.3, 0.4) is 0 Å². The minimum Gasteiger partial charge on any atom is -0.365 e. The second-order valence-corrected chi connectivity index (χ2v) is 11.2. The Morgan fingerprint density at radius 1 is 1.15 bits per heavy atom. The number of nitrogens with one attached hydrogen (secondary N) is 2. The van der Waals surface area contributed by atoms with Crippen molar-refractivity contribution in [1.82, 2.24) is 10.2 Å². The molecule has 0 radical (unpaired) electrons. The number of amides is 5. The fourth-order valence-electron chi connectivity index (χ4n) is 4.56. The Bertz CT molecular complexity index is 1180. The molecule has 9 heteroatoms. The third-order valence-corrected chi connectivity index (χ3v) is 7.78. The first kappa shape index (κ1) is 23.9. The summed E-state index contributed by atoms with van der Waals surface area (Å²) >= 11 is 1.34. The maximum Gasteiger partial charge on any atom is 0.325 e. The Kier molecular flexibility index (Phi) is 6.01. The number of carbonyl (C=O) groups is 4. The number of aryl methyl sites for hydroxylation is 1. The van der Waals surface area contributed by atoms with Crippen molar-refractivity contribution in [2.24, 2.45) is 5.73 Å². The molecule has 180 valence electrons. The van der Waals surface area contributed by atoms with Gasteiger partial charge >= 0.3 is 6.03 Å². The molecule has 1 unspecified atom stereocenters. The van der Waals surface area contributed by atoms with E-state index >= 15 is 0 Å². The molecule has 5 amide bonds. The van der Waals surface area contributed by atoms with Crippen molar-refractivity contribution in [1.29, 1.82) is 0 Å². The van der Waals surface area contributed by atoms with E-state index in [1.54, 1.807) is 6.92 Å². The predicted octanol–water partition coefficient (Wildman–Crippen LogP) is 3.43. The largest absolute Gasteiger partial charge is 0.365 e. The third kappa shape index (κ3) is 4.20. The van der Waals surface area contributed by atoms with Gasteiger partial charge in [0.15, 0.2) is 0 Å². The van der Waals surface area contributed by atoms with Gasteiger partial charge in [0.05, 0.1) is 5.56 Å². The first-order chi connectivity index (χ1) is 15.9. The molecule has 2 aromatic rings. The molecular formula is C25H30N4O4S. The molecule has 2 aliphatic rings. The van der Waals surface area contributed by atoms with E-state index in [4.69, 9.17) is 5.73 Å². The highest BCUT2D eigenvalue weighted by molar-refractivity contribution is 7.17. The van der Waals surface area contributed by atoms with Crippen molar-refractivity contribution in [3.05, 3.63) is 51.4 Å². The smallest absolute Gasteiger partial charge is 0.325 e. The minimum absolute atomic E-state index is 0.0444. The summed E-state index contributed by atoms with van der Waals surface area (Å²) in [4.78, 5) is 52.7. The number of benzene rings is 1. The van der Waals surface area contributed by atoms with Gasteiger partial charge in [0, 0.05) is 4.88 Å². The highest BCUT2D eigenvalue weighted by Gasteiger charge is 2.49. The number of urea groups is 1. The first-order valence-electron chi connectivity index (χ1n) is 11.4. The molecule has 0 saturated carbocycles. The molecule has 4 N–H and O–H groups in total. The molecule has 4 rings (SSSR count). The van der Waals surface area contributed by atoms with E-state index < -0.39 is 35.8 Å². The number of thiophene rings is 1. The Labute approximate surface area is 202 Å². The molecule has 1 aromatic heterocycles. The number of carbonyl (C=O) groups excluding carboxylic acids is 4. The molecule has 0 bridgehead atoms. The zero-order valence-electron chi connectivity index (χ0n) is 19.9. The number of fused-ring (bicyclic) bond motifs is 1. The van der Waals surface area contributed by atoms with Gasteiger partial charge in [-0.3, -0.25) is 19.3 Å². The van der Waals surface area contributed by atoms with Gasteiger partial charge < -0.3 is 16.4 Å². The summed E-state index contributed by atoms with van der Waals surface area (Å²) in [7, 11) is 0. The van der Waals surface area contributed by atoms with Crippen molar-refractivity contribution < 1.29 is 19.2 Å². The molecule has 1 aliphatic carbocycles. The SMILES string of the molecule is CC(C)(C)c1ccc(C2(C)NC(=O)N(CC(=O)Nc3sc4c(c3C(N)=O)CCCC4)C2=O)cc1. The normalized spacial score (nSPS) is 20.2. The fraction of sp³-hybridized carbons (Fsp3) is 0.440. The quantitative estimate of drug-likeness (QED) is 0.565. The number of hydrogen-bond donors (Lipinski definition) is 3. The van der Waals surface area contributed by atoms with Gasteiger partial charge in [-0.05, 0) is 54.7 Å². The van der Waals surface area contributed by atoms with Gasteiger partial charge in [-0.25, -0.2) is 4.79 Å². The van der Waals surface area contributed by atoms with E-state index in [0.717, 1.165) is 46.6 Å². The lowest BCUT2D eigenvalue weighted by Crippen LogP contribution is -2.42. The number of imide groups is 1. The van der Waals surface area contributed by atoms with E-state index in [0.29, 0.717) is 16.1 Å². The van der Waals surface area contributed by atoms with Crippen LogP contribution in [0.15, 0.2) is 24.3 Å². The molecule has 2 heterocycles. The number of nitrogens with zero attached hydrogens (tertiary/aromatic N) is 1. The Morgan fingerprint density at radius 2 is 1.79 bits per heavy atom. The second-order valence-electron chi connectivity index (χ2n) is 10.1. The third-order valence-electron chi connectivity index (χ3n) is 6.58. The van der Waals surface area contributed by atoms with Crippen LogP contribution < -0.4 is 16.4 Å². The van der Waals surface area contributed by atoms with Crippen molar-refractivity contribution >= 4 is 40.1 Å².